The van der Waals surface area contributed by atoms with Gasteiger partial charge in [-0.15, -0.1) is 0 Å². The second-order valence-corrected chi connectivity index (χ2v) is 6.05. The molecule has 0 spiro atoms. The minimum atomic E-state index is 0.667. The van der Waals surface area contributed by atoms with Crippen LogP contribution in [0.25, 0.3) is 0 Å². The number of aryl methyl sites for hydroxylation is 1. The van der Waals surface area contributed by atoms with Crippen molar-refractivity contribution in [1.29, 1.82) is 0 Å². The molecule has 0 bridgehead atoms. The zero-order valence-corrected chi connectivity index (χ0v) is 11.0. The van der Waals surface area contributed by atoms with Crippen LogP contribution in [0.5, 0.6) is 0 Å². The summed E-state index contributed by atoms with van der Waals surface area (Å²) in [5.74, 6) is 2.53. The van der Waals surface area contributed by atoms with E-state index in [-0.39, 0.29) is 0 Å². The van der Waals surface area contributed by atoms with Crippen LogP contribution in [0.15, 0.2) is 24.3 Å². The van der Waals surface area contributed by atoms with E-state index in [1.54, 1.807) is 0 Å². The highest BCUT2D eigenvalue weighted by Crippen LogP contribution is 2.27. The van der Waals surface area contributed by atoms with Gasteiger partial charge in [0.15, 0.2) is 0 Å². The molecular formula is C14H20N2S. The van der Waals surface area contributed by atoms with Crippen molar-refractivity contribution in [2.45, 2.75) is 18.9 Å². The van der Waals surface area contributed by atoms with Gasteiger partial charge in [-0.2, -0.15) is 11.8 Å². The zero-order chi connectivity index (χ0) is 11.5. The standard InChI is InChI=1S/C14H20N2S/c1-2-6-14-12(4-1)5-3-8-16(14)10-13-11-17-9-7-15-13/h1-2,4,6,13,15H,3,5,7-11H2. The summed E-state index contributed by atoms with van der Waals surface area (Å²) in [6, 6.07) is 9.56. The quantitative estimate of drug-likeness (QED) is 0.863. The maximum Gasteiger partial charge on any atom is 0.0399 e. The second kappa shape index (κ2) is 5.32. The molecule has 2 heterocycles. The average molecular weight is 248 g/mol. The SMILES string of the molecule is c1ccc2c(c1)CCCN2CC1CSCCN1. The molecule has 2 nitrogen and oxygen atoms in total. The molecule has 2 aliphatic rings. The molecule has 0 aliphatic carbocycles. The van der Waals surface area contributed by atoms with Crippen LogP contribution in [0.2, 0.25) is 0 Å². The van der Waals surface area contributed by atoms with Gasteiger partial charge in [0.05, 0.1) is 0 Å². The largest absolute Gasteiger partial charge is 0.370 e. The molecule has 0 amide bonds. The Morgan fingerprint density at radius 1 is 1.35 bits per heavy atom. The smallest absolute Gasteiger partial charge is 0.0399 e. The molecule has 1 N–H and O–H groups in total. The Kier molecular flexibility index (Phi) is 3.57. The van der Waals surface area contributed by atoms with Crippen molar-refractivity contribution < 1.29 is 0 Å². The van der Waals surface area contributed by atoms with Gasteiger partial charge in [0.25, 0.3) is 0 Å². The molecule has 0 radical (unpaired) electrons. The van der Waals surface area contributed by atoms with Crippen molar-refractivity contribution in [1.82, 2.24) is 5.32 Å². The van der Waals surface area contributed by atoms with Crippen molar-refractivity contribution in [3.05, 3.63) is 29.8 Å². The fraction of sp³-hybridized carbons (Fsp3) is 0.571. The van der Waals surface area contributed by atoms with Gasteiger partial charge in [-0.3, -0.25) is 0 Å². The Morgan fingerprint density at radius 3 is 3.18 bits per heavy atom. The maximum atomic E-state index is 3.63. The van der Waals surface area contributed by atoms with Crippen LogP contribution in [0.3, 0.4) is 0 Å². The monoisotopic (exact) mass is 248 g/mol. The molecule has 1 unspecified atom stereocenters. The van der Waals surface area contributed by atoms with Crippen molar-refractivity contribution in [2.24, 2.45) is 0 Å². The predicted octanol–water partition coefficient (Wildman–Crippen LogP) is 2.14. The topological polar surface area (TPSA) is 15.3 Å². The van der Waals surface area contributed by atoms with Gasteiger partial charge in [-0.1, -0.05) is 18.2 Å². The van der Waals surface area contributed by atoms with Crippen LogP contribution in [-0.4, -0.2) is 37.2 Å². The molecule has 17 heavy (non-hydrogen) atoms. The van der Waals surface area contributed by atoms with Gasteiger partial charge in [-0.25, -0.2) is 0 Å². The highest BCUT2D eigenvalue weighted by atomic mass is 32.2. The minimum absolute atomic E-state index is 0.667. The van der Waals surface area contributed by atoms with Crippen molar-refractivity contribution >= 4 is 17.4 Å². The third kappa shape index (κ3) is 2.61. The van der Waals surface area contributed by atoms with E-state index in [0.717, 1.165) is 0 Å². The fourth-order valence-corrected chi connectivity index (χ4v) is 3.74. The number of rotatable bonds is 2. The third-order valence-electron chi connectivity index (χ3n) is 3.65. The van der Waals surface area contributed by atoms with E-state index in [0.29, 0.717) is 6.04 Å². The van der Waals surface area contributed by atoms with Gasteiger partial charge in [0, 0.05) is 42.9 Å². The molecule has 3 rings (SSSR count). The van der Waals surface area contributed by atoms with Gasteiger partial charge in [-0.05, 0) is 24.5 Å². The van der Waals surface area contributed by atoms with E-state index in [9.17, 15) is 0 Å². The fourth-order valence-electron chi connectivity index (χ4n) is 2.80. The molecule has 1 fully saturated rings. The first-order valence-corrected chi connectivity index (χ1v) is 7.73. The summed E-state index contributed by atoms with van der Waals surface area (Å²) < 4.78 is 0. The zero-order valence-electron chi connectivity index (χ0n) is 10.2. The Hall–Kier alpha value is -0.670. The Bertz CT molecular complexity index is 374. The molecule has 1 atom stereocenters. The normalized spacial score (nSPS) is 24.5. The lowest BCUT2D eigenvalue weighted by molar-refractivity contribution is 0.538. The summed E-state index contributed by atoms with van der Waals surface area (Å²) in [6.45, 7) is 3.56. The predicted molar refractivity (Wildman–Crippen MR) is 76.1 cm³/mol. The van der Waals surface area contributed by atoms with Crippen LogP contribution >= 0.6 is 11.8 Å². The van der Waals surface area contributed by atoms with Crippen molar-refractivity contribution in [3.63, 3.8) is 0 Å². The molecule has 92 valence electrons. The first-order valence-electron chi connectivity index (χ1n) is 6.57. The van der Waals surface area contributed by atoms with E-state index in [2.05, 4.69) is 46.2 Å². The van der Waals surface area contributed by atoms with Gasteiger partial charge >= 0.3 is 0 Å². The van der Waals surface area contributed by atoms with Gasteiger partial charge < -0.3 is 10.2 Å². The number of para-hydroxylation sites is 1. The first kappa shape index (κ1) is 11.4. The molecule has 1 saturated heterocycles. The summed E-state index contributed by atoms with van der Waals surface area (Å²) >= 11 is 2.08. The molecule has 0 saturated carbocycles. The summed E-state index contributed by atoms with van der Waals surface area (Å²) in [5.41, 5.74) is 3.00. The Balaban J connectivity index is 1.71. The second-order valence-electron chi connectivity index (χ2n) is 4.90. The lowest BCUT2D eigenvalue weighted by atomic mass is 10.0. The number of hydrogen-bond donors (Lipinski definition) is 1. The lowest BCUT2D eigenvalue weighted by Crippen LogP contribution is -2.47. The third-order valence-corrected chi connectivity index (χ3v) is 4.78. The van der Waals surface area contributed by atoms with E-state index < -0.39 is 0 Å². The summed E-state index contributed by atoms with van der Waals surface area (Å²) in [5, 5.41) is 3.63. The van der Waals surface area contributed by atoms with Crippen LogP contribution in [-0.2, 0) is 6.42 Å². The molecule has 1 aromatic rings. The first-order chi connectivity index (χ1) is 8.43. The molecule has 1 aromatic carbocycles. The van der Waals surface area contributed by atoms with Crippen LogP contribution in [0.4, 0.5) is 5.69 Å². The highest BCUT2D eigenvalue weighted by molar-refractivity contribution is 7.99. The molecule has 3 heteroatoms. The number of fused-ring (bicyclic) bond motifs is 1. The van der Waals surface area contributed by atoms with E-state index >= 15 is 0 Å². The molecule has 2 aliphatic heterocycles. The average Bonchev–Trinajstić information content (AvgIpc) is 2.40. The lowest BCUT2D eigenvalue weighted by Gasteiger charge is -2.35. The Morgan fingerprint density at radius 2 is 2.29 bits per heavy atom. The van der Waals surface area contributed by atoms with E-state index in [1.807, 2.05) is 0 Å². The highest BCUT2D eigenvalue weighted by Gasteiger charge is 2.21. The van der Waals surface area contributed by atoms with E-state index in [1.165, 1.54) is 55.2 Å². The number of anilines is 1. The van der Waals surface area contributed by atoms with E-state index in [4.69, 9.17) is 0 Å². The number of nitrogens with one attached hydrogen (secondary N) is 1. The molecular weight excluding hydrogens is 228 g/mol. The maximum absolute atomic E-state index is 3.63. The summed E-state index contributed by atoms with van der Waals surface area (Å²) in [4.78, 5) is 2.57. The van der Waals surface area contributed by atoms with Crippen LogP contribution in [0, 0.1) is 0 Å². The number of benzene rings is 1. The van der Waals surface area contributed by atoms with Crippen molar-refractivity contribution in [2.75, 3.05) is 36.0 Å². The summed E-state index contributed by atoms with van der Waals surface area (Å²) in [6.07, 6.45) is 2.55. The summed E-state index contributed by atoms with van der Waals surface area (Å²) in [7, 11) is 0. The number of nitrogens with zero attached hydrogens (tertiary/aromatic N) is 1. The Labute approximate surface area is 108 Å². The molecule has 0 aromatic heterocycles. The van der Waals surface area contributed by atoms with Crippen LogP contribution < -0.4 is 10.2 Å². The van der Waals surface area contributed by atoms with Crippen molar-refractivity contribution in [3.8, 4) is 0 Å². The van der Waals surface area contributed by atoms with Gasteiger partial charge in [0.2, 0.25) is 0 Å². The number of thioether (sulfide) groups is 1. The van der Waals surface area contributed by atoms with Gasteiger partial charge in [0.1, 0.15) is 0 Å². The number of hydrogen-bond acceptors (Lipinski definition) is 3. The minimum Gasteiger partial charge on any atom is -0.370 e. The van der Waals surface area contributed by atoms with Crippen LogP contribution in [0.1, 0.15) is 12.0 Å².